The average Bonchev–Trinajstić information content (AvgIpc) is 2.38. The molecule has 0 amide bonds. The van der Waals surface area contributed by atoms with Gasteiger partial charge in [-0.2, -0.15) is 13.2 Å². The standard InChI is InChI=1S/C12H16ClF3N4/c1-19-2-3-20(9(5-17)7-19)11-10(13)4-8(6-18-11)12(14,15)16/h4,6,9H,2-3,5,7,17H2,1H3. The number of anilines is 1. The van der Waals surface area contributed by atoms with E-state index in [-0.39, 0.29) is 11.1 Å². The highest BCUT2D eigenvalue weighted by molar-refractivity contribution is 6.33. The molecule has 1 unspecified atom stereocenters. The molecule has 20 heavy (non-hydrogen) atoms. The van der Waals surface area contributed by atoms with E-state index in [1.165, 1.54) is 0 Å². The van der Waals surface area contributed by atoms with Crippen LogP contribution in [0.3, 0.4) is 0 Å². The molecule has 0 spiro atoms. The van der Waals surface area contributed by atoms with Crippen molar-refractivity contribution in [2.24, 2.45) is 5.73 Å². The molecule has 1 aromatic rings. The van der Waals surface area contributed by atoms with E-state index in [2.05, 4.69) is 9.88 Å². The van der Waals surface area contributed by atoms with Crippen LogP contribution in [0.1, 0.15) is 5.56 Å². The fourth-order valence-electron chi connectivity index (χ4n) is 2.29. The minimum atomic E-state index is -4.44. The van der Waals surface area contributed by atoms with E-state index in [4.69, 9.17) is 17.3 Å². The molecule has 4 nitrogen and oxygen atoms in total. The van der Waals surface area contributed by atoms with Gasteiger partial charge >= 0.3 is 6.18 Å². The summed E-state index contributed by atoms with van der Waals surface area (Å²) >= 11 is 5.97. The van der Waals surface area contributed by atoms with Crippen molar-refractivity contribution in [1.29, 1.82) is 0 Å². The van der Waals surface area contributed by atoms with Gasteiger partial charge in [-0.05, 0) is 13.1 Å². The molecule has 2 heterocycles. The largest absolute Gasteiger partial charge is 0.417 e. The Morgan fingerprint density at radius 1 is 1.45 bits per heavy atom. The maximum absolute atomic E-state index is 12.6. The zero-order valence-corrected chi connectivity index (χ0v) is 11.7. The molecule has 1 aliphatic heterocycles. The molecule has 2 N–H and O–H groups in total. The fraction of sp³-hybridized carbons (Fsp3) is 0.583. The Labute approximate surface area is 120 Å². The monoisotopic (exact) mass is 308 g/mol. The highest BCUT2D eigenvalue weighted by atomic mass is 35.5. The molecule has 1 aromatic heterocycles. The van der Waals surface area contributed by atoms with Gasteiger partial charge in [0.2, 0.25) is 0 Å². The Hall–Kier alpha value is -1.05. The summed E-state index contributed by atoms with van der Waals surface area (Å²) in [5.74, 6) is 0.364. The van der Waals surface area contributed by atoms with Crippen LogP contribution in [-0.2, 0) is 6.18 Å². The predicted octanol–water partition coefficient (Wildman–Crippen LogP) is 1.83. The van der Waals surface area contributed by atoms with E-state index < -0.39 is 11.7 Å². The number of nitrogens with zero attached hydrogens (tertiary/aromatic N) is 3. The number of piperazine rings is 1. The third-order valence-corrected chi connectivity index (χ3v) is 3.66. The number of halogens is 4. The molecule has 1 fully saturated rings. The SMILES string of the molecule is CN1CCN(c2ncc(C(F)(F)F)cc2Cl)C(CN)C1. The first-order valence-corrected chi connectivity index (χ1v) is 6.58. The molecule has 0 aliphatic carbocycles. The molecule has 0 aromatic carbocycles. The zero-order chi connectivity index (χ0) is 14.9. The minimum absolute atomic E-state index is 0.00262. The molecule has 0 radical (unpaired) electrons. The second-order valence-electron chi connectivity index (χ2n) is 4.87. The predicted molar refractivity (Wildman–Crippen MR) is 71.9 cm³/mol. The van der Waals surface area contributed by atoms with E-state index in [0.29, 0.717) is 18.9 Å². The van der Waals surface area contributed by atoms with Gasteiger partial charge in [-0.25, -0.2) is 4.98 Å². The fourth-order valence-corrected chi connectivity index (χ4v) is 2.56. The van der Waals surface area contributed by atoms with Crippen molar-refractivity contribution in [2.75, 3.05) is 38.1 Å². The topological polar surface area (TPSA) is 45.4 Å². The van der Waals surface area contributed by atoms with Crippen LogP contribution in [0.25, 0.3) is 0 Å². The number of rotatable bonds is 2. The summed E-state index contributed by atoms with van der Waals surface area (Å²) in [5, 5.41) is 0.00262. The number of nitrogens with two attached hydrogens (primary N) is 1. The number of likely N-dealkylation sites (N-methyl/N-ethyl adjacent to an activating group) is 1. The second-order valence-corrected chi connectivity index (χ2v) is 5.28. The maximum atomic E-state index is 12.6. The lowest BCUT2D eigenvalue weighted by atomic mass is 10.1. The van der Waals surface area contributed by atoms with Crippen LogP contribution in [0.4, 0.5) is 19.0 Å². The summed E-state index contributed by atoms with van der Waals surface area (Å²) in [7, 11) is 1.97. The summed E-state index contributed by atoms with van der Waals surface area (Å²) < 4.78 is 37.8. The Morgan fingerprint density at radius 2 is 2.15 bits per heavy atom. The highest BCUT2D eigenvalue weighted by Crippen LogP contribution is 2.34. The van der Waals surface area contributed by atoms with Gasteiger partial charge in [-0.15, -0.1) is 0 Å². The summed E-state index contributed by atoms with van der Waals surface area (Å²) in [5.41, 5.74) is 4.88. The van der Waals surface area contributed by atoms with Gasteiger partial charge in [0, 0.05) is 32.4 Å². The van der Waals surface area contributed by atoms with Crippen LogP contribution in [0.5, 0.6) is 0 Å². The number of alkyl halides is 3. The van der Waals surface area contributed by atoms with Crippen molar-refractivity contribution < 1.29 is 13.2 Å². The number of hydrogen-bond acceptors (Lipinski definition) is 4. The molecular weight excluding hydrogens is 293 g/mol. The Balaban J connectivity index is 2.28. The van der Waals surface area contributed by atoms with Crippen molar-refractivity contribution >= 4 is 17.4 Å². The quantitative estimate of drug-likeness (QED) is 0.905. The smallest absolute Gasteiger partial charge is 0.349 e. The molecule has 0 saturated carbocycles. The molecule has 1 atom stereocenters. The summed E-state index contributed by atoms with van der Waals surface area (Å²) in [6.07, 6.45) is -3.63. The van der Waals surface area contributed by atoms with Crippen LogP contribution < -0.4 is 10.6 Å². The molecule has 1 aliphatic rings. The Morgan fingerprint density at radius 3 is 2.70 bits per heavy atom. The lowest BCUT2D eigenvalue weighted by Crippen LogP contribution is -2.55. The van der Waals surface area contributed by atoms with Gasteiger partial charge in [0.1, 0.15) is 5.82 Å². The van der Waals surface area contributed by atoms with E-state index >= 15 is 0 Å². The van der Waals surface area contributed by atoms with Gasteiger partial charge in [0.15, 0.2) is 0 Å². The summed E-state index contributed by atoms with van der Waals surface area (Å²) in [4.78, 5) is 7.89. The molecule has 1 saturated heterocycles. The third-order valence-electron chi connectivity index (χ3n) is 3.38. The van der Waals surface area contributed by atoms with Gasteiger partial charge < -0.3 is 15.5 Å². The molecule has 112 valence electrons. The minimum Gasteiger partial charge on any atom is -0.349 e. The number of aromatic nitrogens is 1. The Bertz CT molecular complexity index is 480. The first-order chi connectivity index (χ1) is 9.32. The normalized spacial score (nSPS) is 21.3. The lowest BCUT2D eigenvalue weighted by Gasteiger charge is -2.40. The first-order valence-electron chi connectivity index (χ1n) is 6.21. The van der Waals surface area contributed by atoms with Crippen molar-refractivity contribution in [2.45, 2.75) is 12.2 Å². The zero-order valence-electron chi connectivity index (χ0n) is 11.0. The average molecular weight is 309 g/mol. The van der Waals surface area contributed by atoms with Gasteiger partial charge in [-0.1, -0.05) is 11.6 Å². The molecular formula is C12H16ClF3N4. The van der Waals surface area contributed by atoms with Crippen molar-refractivity contribution in [1.82, 2.24) is 9.88 Å². The van der Waals surface area contributed by atoms with Crippen LogP contribution in [-0.4, -0.2) is 49.2 Å². The van der Waals surface area contributed by atoms with Crippen LogP contribution in [0.2, 0.25) is 5.02 Å². The second kappa shape index (κ2) is 5.75. The highest BCUT2D eigenvalue weighted by Gasteiger charge is 2.33. The number of pyridine rings is 1. The van der Waals surface area contributed by atoms with E-state index in [1.807, 2.05) is 11.9 Å². The molecule has 0 bridgehead atoms. The van der Waals surface area contributed by atoms with Crippen molar-refractivity contribution in [3.63, 3.8) is 0 Å². The molecule has 8 heteroatoms. The Kier molecular flexibility index (Phi) is 4.41. The van der Waals surface area contributed by atoms with E-state index in [1.54, 1.807) is 0 Å². The maximum Gasteiger partial charge on any atom is 0.417 e. The van der Waals surface area contributed by atoms with Crippen LogP contribution >= 0.6 is 11.6 Å². The molecule has 2 rings (SSSR count). The van der Waals surface area contributed by atoms with Crippen molar-refractivity contribution in [3.8, 4) is 0 Å². The van der Waals surface area contributed by atoms with Gasteiger partial charge in [-0.3, -0.25) is 0 Å². The van der Waals surface area contributed by atoms with Crippen molar-refractivity contribution in [3.05, 3.63) is 22.8 Å². The summed E-state index contributed by atoms with van der Waals surface area (Å²) in [6, 6.07) is 0.908. The van der Waals surface area contributed by atoms with Crippen LogP contribution in [0, 0.1) is 0 Å². The first kappa shape index (κ1) is 15.3. The lowest BCUT2D eigenvalue weighted by molar-refractivity contribution is -0.137. The van der Waals surface area contributed by atoms with E-state index in [0.717, 1.165) is 25.4 Å². The van der Waals surface area contributed by atoms with E-state index in [9.17, 15) is 13.2 Å². The third kappa shape index (κ3) is 3.16. The van der Waals surface area contributed by atoms with Gasteiger partial charge in [0.05, 0.1) is 16.6 Å². The van der Waals surface area contributed by atoms with Gasteiger partial charge in [0.25, 0.3) is 0 Å². The summed E-state index contributed by atoms with van der Waals surface area (Å²) in [6.45, 7) is 2.55. The van der Waals surface area contributed by atoms with Crippen LogP contribution in [0.15, 0.2) is 12.3 Å². The number of hydrogen-bond donors (Lipinski definition) is 1.